The summed E-state index contributed by atoms with van der Waals surface area (Å²) < 4.78 is 5.62. The maximum atomic E-state index is 12.5. The number of nitrogens with zero attached hydrogens (tertiary/aromatic N) is 2. The van der Waals surface area contributed by atoms with Gasteiger partial charge in [-0.3, -0.25) is 4.79 Å². The number of hydrogen-bond acceptors (Lipinski definition) is 4. The minimum atomic E-state index is -0.941. The van der Waals surface area contributed by atoms with Crippen molar-refractivity contribution in [1.29, 1.82) is 0 Å². The highest BCUT2D eigenvalue weighted by Crippen LogP contribution is 2.22. The van der Waals surface area contributed by atoms with Gasteiger partial charge in [0.2, 0.25) is 0 Å². The molecular weight excluding hydrogens is 284 g/mol. The van der Waals surface area contributed by atoms with Gasteiger partial charge in [-0.1, -0.05) is 6.07 Å². The molecule has 6 heteroatoms. The van der Waals surface area contributed by atoms with Gasteiger partial charge in [0.05, 0.1) is 0 Å². The van der Waals surface area contributed by atoms with Crippen molar-refractivity contribution in [3.63, 3.8) is 0 Å². The van der Waals surface area contributed by atoms with Crippen molar-refractivity contribution < 1.29 is 19.4 Å². The quantitative estimate of drug-likeness (QED) is 0.858. The number of carbonyl (C=O) groups is 2. The molecule has 1 unspecified atom stereocenters. The Labute approximate surface area is 130 Å². The standard InChI is InChI=1S/C16H22N2O4/c1-17(2)9-10-22-13-6-3-5-12(11-13)15(19)18-8-4-7-14(18)16(20)21/h3,5-6,11,14H,4,7-10H2,1-2H3,(H,20,21). The lowest BCUT2D eigenvalue weighted by molar-refractivity contribution is -0.141. The van der Waals surface area contributed by atoms with E-state index < -0.39 is 12.0 Å². The van der Waals surface area contributed by atoms with E-state index >= 15 is 0 Å². The van der Waals surface area contributed by atoms with E-state index in [1.807, 2.05) is 19.0 Å². The Hall–Kier alpha value is -2.08. The molecule has 1 amide bonds. The molecule has 1 aliphatic heterocycles. The second-order valence-electron chi connectivity index (χ2n) is 5.67. The van der Waals surface area contributed by atoms with Gasteiger partial charge in [-0.15, -0.1) is 0 Å². The Morgan fingerprint density at radius 2 is 2.18 bits per heavy atom. The Kier molecular flexibility index (Phi) is 5.38. The lowest BCUT2D eigenvalue weighted by Gasteiger charge is -2.21. The minimum Gasteiger partial charge on any atom is -0.492 e. The molecule has 0 radical (unpaired) electrons. The zero-order valence-electron chi connectivity index (χ0n) is 13.0. The zero-order chi connectivity index (χ0) is 16.1. The number of carboxylic acid groups (broad SMARTS) is 1. The molecule has 0 aromatic heterocycles. The third-order valence-electron chi connectivity index (χ3n) is 3.69. The van der Waals surface area contributed by atoms with Crippen molar-refractivity contribution >= 4 is 11.9 Å². The zero-order valence-corrected chi connectivity index (χ0v) is 13.0. The number of amides is 1. The van der Waals surface area contributed by atoms with E-state index in [1.165, 1.54) is 4.90 Å². The van der Waals surface area contributed by atoms with Crippen LogP contribution < -0.4 is 4.74 Å². The second kappa shape index (κ2) is 7.26. The van der Waals surface area contributed by atoms with E-state index in [1.54, 1.807) is 24.3 Å². The molecule has 1 fully saturated rings. The molecule has 22 heavy (non-hydrogen) atoms. The molecule has 0 saturated carbocycles. The normalized spacial score (nSPS) is 17.8. The summed E-state index contributed by atoms with van der Waals surface area (Å²) >= 11 is 0. The molecule has 6 nitrogen and oxygen atoms in total. The van der Waals surface area contributed by atoms with Crippen LogP contribution in [0.2, 0.25) is 0 Å². The van der Waals surface area contributed by atoms with Crippen LogP contribution in [0.5, 0.6) is 5.75 Å². The predicted octanol–water partition coefficient (Wildman–Crippen LogP) is 1.32. The van der Waals surface area contributed by atoms with Crippen LogP contribution in [0, 0.1) is 0 Å². The van der Waals surface area contributed by atoms with Gasteiger partial charge in [-0.25, -0.2) is 4.79 Å². The van der Waals surface area contributed by atoms with Gasteiger partial charge in [-0.05, 0) is 45.1 Å². The molecule has 0 aliphatic carbocycles. The lowest BCUT2D eigenvalue weighted by Crippen LogP contribution is -2.40. The fourth-order valence-electron chi connectivity index (χ4n) is 2.50. The van der Waals surface area contributed by atoms with Gasteiger partial charge in [0.1, 0.15) is 18.4 Å². The van der Waals surface area contributed by atoms with Gasteiger partial charge in [0.25, 0.3) is 5.91 Å². The maximum Gasteiger partial charge on any atom is 0.326 e. The third-order valence-corrected chi connectivity index (χ3v) is 3.69. The summed E-state index contributed by atoms with van der Waals surface area (Å²) in [5.41, 5.74) is 0.468. The van der Waals surface area contributed by atoms with Crippen LogP contribution >= 0.6 is 0 Å². The Morgan fingerprint density at radius 1 is 1.41 bits per heavy atom. The Bertz CT molecular complexity index is 545. The van der Waals surface area contributed by atoms with E-state index in [4.69, 9.17) is 4.74 Å². The average Bonchev–Trinajstić information content (AvgIpc) is 2.96. The Morgan fingerprint density at radius 3 is 2.86 bits per heavy atom. The number of aliphatic carboxylic acids is 1. The number of hydrogen-bond donors (Lipinski definition) is 1. The van der Waals surface area contributed by atoms with Crippen LogP contribution in [-0.2, 0) is 4.79 Å². The summed E-state index contributed by atoms with van der Waals surface area (Å²) in [5, 5.41) is 9.18. The number of rotatable bonds is 6. The van der Waals surface area contributed by atoms with Gasteiger partial charge < -0.3 is 19.6 Å². The molecule has 0 spiro atoms. The van der Waals surface area contributed by atoms with Crippen molar-refractivity contribution in [3.8, 4) is 5.75 Å². The summed E-state index contributed by atoms with van der Waals surface area (Å²) in [6, 6.07) is 6.20. The molecule has 1 heterocycles. The van der Waals surface area contributed by atoms with Crippen LogP contribution in [0.1, 0.15) is 23.2 Å². The van der Waals surface area contributed by atoms with Crippen LogP contribution in [0.3, 0.4) is 0 Å². The first kappa shape index (κ1) is 16.3. The fraction of sp³-hybridized carbons (Fsp3) is 0.500. The molecule has 120 valence electrons. The van der Waals surface area contributed by atoms with E-state index in [0.29, 0.717) is 30.9 Å². The van der Waals surface area contributed by atoms with Crippen LogP contribution in [-0.4, -0.2) is 66.6 Å². The van der Waals surface area contributed by atoms with Crippen LogP contribution in [0.25, 0.3) is 0 Å². The number of ether oxygens (including phenoxy) is 1. The van der Waals surface area contributed by atoms with Crippen molar-refractivity contribution in [2.24, 2.45) is 0 Å². The minimum absolute atomic E-state index is 0.247. The molecule has 0 bridgehead atoms. The molecular formula is C16H22N2O4. The molecule has 2 rings (SSSR count). The highest BCUT2D eigenvalue weighted by molar-refractivity contribution is 5.97. The first-order chi connectivity index (χ1) is 10.5. The van der Waals surface area contributed by atoms with Crippen molar-refractivity contribution in [3.05, 3.63) is 29.8 Å². The number of carbonyl (C=O) groups excluding carboxylic acids is 1. The number of carboxylic acids is 1. The van der Waals surface area contributed by atoms with E-state index in [9.17, 15) is 14.7 Å². The third kappa shape index (κ3) is 3.98. The highest BCUT2D eigenvalue weighted by Gasteiger charge is 2.34. The molecule has 1 saturated heterocycles. The van der Waals surface area contributed by atoms with Crippen molar-refractivity contribution in [2.45, 2.75) is 18.9 Å². The highest BCUT2D eigenvalue weighted by atomic mass is 16.5. The predicted molar refractivity (Wildman–Crippen MR) is 82.2 cm³/mol. The van der Waals surface area contributed by atoms with Crippen molar-refractivity contribution in [2.75, 3.05) is 33.8 Å². The number of benzene rings is 1. The smallest absolute Gasteiger partial charge is 0.326 e. The topological polar surface area (TPSA) is 70.1 Å². The van der Waals surface area contributed by atoms with Gasteiger partial charge in [0, 0.05) is 18.7 Å². The van der Waals surface area contributed by atoms with E-state index in [0.717, 1.165) is 13.0 Å². The summed E-state index contributed by atoms with van der Waals surface area (Å²) in [5.74, 6) is -0.564. The van der Waals surface area contributed by atoms with Gasteiger partial charge in [-0.2, -0.15) is 0 Å². The summed E-state index contributed by atoms with van der Waals surface area (Å²) in [6.07, 6.45) is 1.24. The fourth-order valence-corrected chi connectivity index (χ4v) is 2.50. The first-order valence-corrected chi connectivity index (χ1v) is 7.40. The summed E-state index contributed by atoms with van der Waals surface area (Å²) in [4.78, 5) is 27.1. The first-order valence-electron chi connectivity index (χ1n) is 7.40. The van der Waals surface area contributed by atoms with Crippen molar-refractivity contribution in [1.82, 2.24) is 9.80 Å². The summed E-state index contributed by atoms with van der Waals surface area (Å²) in [7, 11) is 3.92. The average molecular weight is 306 g/mol. The van der Waals surface area contributed by atoms with Crippen LogP contribution in [0.4, 0.5) is 0 Å². The van der Waals surface area contributed by atoms with Gasteiger partial charge in [0.15, 0.2) is 0 Å². The monoisotopic (exact) mass is 306 g/mol. The SMILES string of the molecule is CN(C)CCOc1cccc(C(=O)N2CCCC2C(=O)O)c1. The second-order valence-corrected chi connectivity index (χ2v) is 5.67. The maximum absolute atomic E-state index is 12.5. The number of likely N-dealkylation sites (tertiary alicyclic amines) is 1. The largest absolute Gasteiger partial charge is 0.492 e. The molecule has 1 aromatic rings. The van der Waals surface area contributed by atoms with Gasteiger partial charge >= 0.3 is 5.97 Å². The lowest BCUT2D eigenvalue weighted by atomic mass is 10.1. The number of likely N-dealkylation sites (N-methyl/N-ethyl adjacent to an activating group) is 1. The van der Waals surface area contributed by atoms with E-state index in [2.05, 4.69) is 0 Å². The molecule has 1 aliphatic rings. The molecule has 1 N–H and O–H groups in total. The Balaban J connectivity index is 2.05. The summed E-state index contributed by atoms with van der Waals surface area (Å²) in [6.45, 7) is 1.80. The van der Waals surface area contributed by atoms with E-state index in [-0.39, 0.29) is 5.91 Å². The molecule has 1 atom stereocenters. The van der Waals surface area contributed by atoms with Crippen LogP contribution in [0.15, 0.2) is 24.3 Å². The molecule has 1 aromatic carbocycles.